The summed E-state index contributed by atoms with van der Waals surface area (Å²) in [4.78, 5) is 18.6. The van der Waals surface area contributed by atoms with Gasteiger partial charge in [-0.05, 0) is 69.6 Å². The van der Waals surface area contributed by atoms with E-state index in [4.69, 9.17) is 19.4 Å². The molecule has 4 rings (SSSR count). The van der Waals surface area contributed by atoms with Crippen molar-refractivity contribution < 1.29 is 18.5 Å². The molecule has 4 aliphatic rings. The van der Waals surface area contributed by atoms with Crippen LogP contribution in [0, 0.1) is 17.3 Å². The number of amides is 1. The Balaban J connectivity index is 0.00000124. The molecule has 2 saturated carbocycles. The highest BCUT2D eigenvalue weighted by atomic mass is 32.1. The fourth-order valence-electron chi connectivity index (χ4n) is 5.24. The van der Waals surface area contributed by atoms with Gasteiger partial charge in [-0.1, -0.05) is 6.92 Å². The maximum atomic E-state index is 12.3. The number of carbonyl (C=O) groups excluding carboxylic acids is 1. The van der Waals surface area contributed by atoms with Crippen LogP contribution < -0.4 is 5.73 Å². The molecule has 2 heterocycles. The van der Waals surface area contributed by atoms with Crippen molar-refractivity contribution in [3.8, 4) is 0 Å². The molecule has 1 saturated heterocycles. The molecule has 8 heteroatoms. The second kappa shape index (κ2) is 10.0. The quantitative estimate of drug-likeness (QED) is 0.613. The van der Waals surface area contributed by atoms with E-state index in [2.05, 4.69) is 24.4 Å². The maximum Gasteiger partial charge on any atom is 0.410 e. The second-order valence-electron chi connectivity index (χ2n) is 10.0. The summed E-state index contributed by atoms with van der Waals surface area (Å²) in [5.74, 6) is 1.23. The van der Waals surface area contributed by atoms with Crippen LogP contribution in [0.3, 0.4) is 0 Å². The van der Waals surface area contributed by atoms with Crippen LogP contribution in [-0.2, 0) is 22.0 Å². The van der Waals surface area contributed by atoms with Crippen molar-refractivity contribution in [2.24, 2.45) is 28.0 Å². The van der Waals surface area contributed by atoms with E-state index in [-0.39, 0.29) is 23.8 Å². The van der Waals surface area contributed by atoms with E-state index in [0.29, 0.717) is 17.9 Å². The number of carbonyl (C=O) groups is 1. The van der Waals surface area contributed by atoms with Crippen LogP contribution >= 0.6 is 0 Å². The van der Waals surface area contributed by atoms with Crippen molar-refractivity contribution in [3.63, 3.8) is 0 Å². The van der Waals surface area contributed by atoms with Gasteiger partial charge in [0.25, 0.3) is 0 Å². The molecule has 0 aromatic rings. The molecule has 1 amide bonds. The molecule has 1 spiro atoms. The first kappa shape index (κ1) is 23.5. The Morgan fingerprint density at radius 2 is 1.90 bits per heavy atom. The molecule has 3 fully saturated rings. The molecule has 7 nitrogen and oxygen atoms in total. The molecule has 2 aliphatic carbocycles. The summed E-state index contributed by atoms with van der Waals surface area (Å²) in [6, 6.07) is 0.228. The van der Waals surface area contributed by atoms with Gasteiger partial charge >= 0.3 is 6.09 Å². The lowest BCUT2D eigenvalue weighted by atomic mass is 9.56. The van der Waals surface area contributed by atoms with Gasteiger partial charge < -0.3 is 20.1 Å². The fourth-order valence-corrected chi connectivity index (χ4v) is 5.24. The van der Waals surface area contributed by atoms with Gasteiger partial charge in [0.1, 0.15) is 5.60 Å². The lowest BCUT2D eigenvalue weighted by molar-refractivity contribution is -0.0257. The summed E-state index contributed by atoms with van der Waals surface area (Å²) in [6.45, 7) is 7.37. The van der Waals surface area contributed by atoms with Crippen LogP contribution in [0.1, 0.15) is 65.2 Å². The smallest absolute Gasteiger partial charge is 0.410 e. The molecule has 170 valence electrons. The van der Waals surface area contributed by atoms with Crippen LogP contribution in [0.15, 0.2) is 4.99 Å². The lowest BCUT2D eigenvalue weighted by Gasteiger charge is -2.52. The number of aliphatic imine (C=N–C) groups is 1. The number of rotatable bonds is 7. The van der Waals surface area contributed by atoms with Crippen LogP contribution in [0.5, 0.6) is 0 Å². The Morgan fingerprint density at radius 1 is 1.23 bits per heavy atom. The number of hydrogen-bond donors (Lipinski definition) is 1. The van der Waals surface area contributed by atoms with E-state index >= 15 is 0 Å². The Kier molecular flexibility index (Phi) is 7.85. The third kappa shape index (κ3) is 5.56. The summed E-state index contributed by atoms with van der Waals surface area (Å²) in [6.07, 6.45) is 11.3. The predicted molar refractivity (Wildman–Crippen MR) is 118 cm³/mol. The van der Waals surface area contributed by atoms with Crippen LogP contribution in [0.2, 0.25) is 0 Å². The zero-order valence-electron chi connectivity index (χ0n) is 18.4. The van der Waals surface area contributed by atoms with E-state index in [1.54, 1.807) is 0 Å². The highest BCUT2D eigenvalue weighted by Gasteiger charge is 2.47. The Hall–Kier alpha value is -1.12. The van der Waals surface area contributed by atoms with Gasteiger partial charge in [0, 0.05) is 38.4 Å². The highest BCUT2D eigenvalue weighted by Crippen LogP contribution is 2.54. The van der Waals surface area contributed by atoms with Crippen molar-refractivity contribution in [2.45, 2.75) is 83.0 Å². The average molecular weight is 440 g/mol. The van der Waals surface area contributed by atoms with Gasteiger partial charge in [-0.2, -0.15) is 4.21 Å². The number of ether oxygens (including phenoxy) is 2. The van der Waals surface area contributed by atoms with Crippen molar-refractivity contribution >= 4 is 24.8 Å². The summed E-state index contributed by atoms with van der Waals surface area (Å²) in [5, 5.41) is 0. The van der Waals surface area contributed by atoms with Crippen LogP contribution in [-0.4, -0.2) is 65.4 Å². The SMILES string of the molecule is CC1C(CN)N=C[C@H]1OCCCC1CC2(CCN(C(=O)OC3(C)CC3)CC2)C1.O=S. The standard InChI is InChI=1S/C22H37N3O3.OS/c1-16-18(14-23)24-15-19(16)27-11-3-4-17-12-22(13-17)7-9-25(10-8-22)20(26)28-21(2)5-6-21;1-2/h15-19H,3-14,23H2,1-2H3;/t16?,18?,19-;/m1./s1. The summed E-state index contributed by atoms with van der Waals surface area (Å²) in [5.41, 5.74) is 6.06. The zero-order chi connectivity index (χ0) is 21.8. The first-order valence-corrected chi connectivity index (χ1v) is 11.7. The third-order valence-corrected chi connectivity index (χ3v) is 7.67. The molecule has 2 aliphatic heterocycles. The van der Waals surface area contributed by atoms with Crippen LogP contribution in [0.4, 0.5) is 4.79 Å². The molecular weight excluding hydrogens is 402 g/mol. The first-order chi connectivity index (χ1) is 14.4. The number of nitrogens with zero attached hydrogens (tertiary/aromatic N) is 2. The Labute approximate surface area is 185 Å². The van der Waals surface area contributed by atoms with Crippen molar-refractivity contribution in [1.82, 2.24) is 4.90 Å². The topological polar surface area (TPSA) is 94.2 Å². The normalized spacial score (nSPS) is 31.0. The zero-order valence-corrected chi connectivity index (χ0v) is 19.2. The molecule has 2 unspecified atom stereocenters. The summed E-state index contributed by atoms with van der Waals surface area (Å²) in [7, 11) is 0. The minimum atomic E-state index is -0.163. The van der Waals surface area contributed by atoms with E-state index in [9.17, 15) is 4.79 Å². The monoisotopic (exact) mass is 439 g/mol. The molecule has 0 aromatic carbocycles. The van der Waals surface area contributed by atoms with E-state index < -0.39 is 0 Å². The highest BCUT2D eigenvalue weighted by molar-refractivity contribution is 7.44. The van der Waals surface area contributed by atoms with Gasteiger partial charge in [0.2, 0.25) is 0 Å². The molecule has 0 bridgehead atoms. The van der Waals surface area contributed by atoms with Gasteiger partial charge in [-0.3, -0.25) is 4.99 Å². The fraction of sp³-hybridized carbons (Fsp3) is 0.909. The van der Waals surface area contributed by atoms with Gasteiger partial charge in [0.15, 0.2) is 12.5 Å². The summed E-state index contributed by atoms with van der Waals surface area (Å²) >= 11 is 2.83. The van der Waals surface area contributed by atoms with Gasteiger partial charge in [-0.25, -0.2) is 4.79 Å². The third-order valence-electron chi connectivity index (χ3n) is 7.67. The minimum absolute atomic E-state index is 0.0931. The second-order valence-corrected chi connectivity index (χ2v) is 10.0. The molecule has 2 N–H and O–H groups in total. The molecular formula is C22H37N3O4S. The Morgan fingerprint density at radius 3 is 2.47 bits per heavy atom. The average Bonchev–Trinajstić information content (AvgIpc) is 3.35. The van der Waals surface area contributed by atoms with Gasteiger partial charge in [-0.15, -0.1) is 0 Å². The van der Waals surface area contributed by atoms with E-state index in [1.165, 1.54) is 19.3 Å². The van der Waals surface area contributed by atoms with Crippen molar-refractivity contribution in [2.75, 3.05) is 26.2 Å². The number of piperidine rings is 1. The largest absolute Gasteiger partial charge is 0.443 e. The molecule has 30 heavy (non-hydrogen) atoms. The van der Waals surface area contributed by atoms with E-state index in [1.807, 2.05) is 18.0 Å². The molecule has 3 atom stereocenters. The van der Waals surface area contributed by atoms with Gasteiger partial charge in [0.05, 0.1) is 12.1 Å². The molecule has 0 radical (unpaired) electrons. The molecule has 0 aromatic heterocycles. The number of hydrogen-bond acceptors (Lipinski definition) is 7. The van der Waals surface area contributed by atoms with Crippen LogP contribution in [0.25, 0.3) is 0 Å². The number of nitrogens with two attached hydrogens (primary N) is 1. The summed E-state index contributed by atoms with van der Waals surface area (Å²) < 4.78 is 19.5. The maximum absolute atomic E-state index is 12.3. The van der Waals surface area contributed by atoms with E-state index in [0.717, 1.165) is 57.7 Å². The van der Waals surface area contributed by atoms with Crippen molar-refractivity contribution in [1.29, 1.82) is 0 Å². The minimum Gasteiger partial charge on any atom is -0.443 e. The Bertz CT molecular complexity index is 612. The van der Waals surface area contributed by atoms with Crippen molar-refractivity contribution in [3.05, 3.63) is 0 Å². The first-order valence-electron chi connectivity index (χ1n) is 11.4. The predicted octanol–water partition coefficient (Wildman–Crippen LogP) is 3.04. The number of likely N-dealkylation sites (tertiary alicyclic amines) is 1. The lowest BCUT2D eigenvalue weighted by Crippen LogP contribution is -2.49.